The van der Waals surface area contributed by atoms with Gasteiger partial charge in [0, 0.05) is 13.2 Å². The SMILES string of the molecule is CCCCCCCCCCOCCC(=O)O[C@H]1[C@@H](OC(=O)CCOCCCCCCCCCC)[C@](C#N)(c2ccc3c(N)ncnn23)O[C@@H]1COP(=O)(N[C@H](C)C(=O)OCC(CC)CC)Oc1ccccc1. The van der Waals surface area contributed by atoms with Crippen LogP contribution in [0.15, 0.2) is 48.8 Å². The van der Waals surface area contributed by atoms with Crippen molar-refractivity contribution in [1.29, 1.82) is 5.26 Å². The van der Waals surface area contributed by atoms with Crippen molar-refractivity contribution in [3.05, 3.63) is 54.5 Å². The van der Waals surface area contributed by atoms with Crippen molar-refractivity contribution in [2.75, 3.05) is 45.4 Å². The number of nitrogen functional groups attached to an aromatic ring is 1. The van der Waals surface area contributed by atoms with Gasteiger partial charge in [0.25, 0.3) is 0 Å². The number of para-hydroxylation sites is 1. The lowest BCUT2D eigenvalue weighted by Gasteiger charge is -2.28. The first-order valence-corrected chi connectivity index (χ1v) is 28.1. The molecule has 0 saturated carbocycles. The van der Waals surface area contributed by atoms with Crippen LogP contribution in [0.4, 0.5) is 5.82 Å². The molecule has 2 aromatic heterocycles. The highest BCUT2D eigenvalue weighted by Crippen LogP contribution is 2.48. The summed E-state index contributed by atoms with van der Waals surface area (Å²) in [5.41, 5.74) is 4.39. The molecule has 3 N–H and O–H groups in total. The normalized spacial score (nSPS) is 18.9. The molecule has 402 valence electrons. The third kappa shape index (κ3) is 19.7. The van der Waals surface area contributed by atoms with Crippen LogP contribution in [-0.2, 0) is 57.5 Å². The number of unbranched alkanes of at least 4 members (excludes halogenated alkanes) is 14. The number of aromatic nitrogens is 3. The average molecular weight is 1030 g/mol. The van der Waals surface area contributed by atoms with E-state index in [4.69, 9.17) is 43.2 Å². The molecule has 3 aromatic rings. The van der Waals surface area contributed by atoms with Gasteiger partial charge in [-0.05, 0) is 49.9 Å². The van der Waals surface area contributed by atoms with E-state index < -0.39 is 62.2 Å². The Labute approximate surface area is 427 Å². The van der Waals surface area contributed by atoms with Gasteiger partial charge in [-0.15, -0.1) is 0 Å². The van der Waals surface area contributed by atoms with Gasteiger partial charge < -0.3 is 38.7 Å². The molecule has 72 heavy (non-hydrogen) atoms. The highest BCUT2D eigenvalue weighted by molar-refractivity contribution is 7.52. The van der Waals surface area contributed by atoms with Crippen molar-refractivity contribution in [3.63, 3.8) is 0 Å². The topological polar surface area (TPSA) is 234 Å². The number of fused-ring (bicyclic) bond motifs is 1. The number of nitrogens with zero attached hydrogens (tertiary/aromatic N) is 4. The molecule has 19 heteroatoms. The Morgan fingerprint density at radius 3 is 1.94 bits per heavy atom. The second-order valence-corrected chi connectivity index (χ2v) is 20.3. The molecule has 0 bridgehead atoms. The molecule has 18 nitrogen and oxygen atoms in total. The summed E-state index contributed by atoms with van der Waals surface area (Å²) in [6, 6.07) is 12.3. The number of anilines is 1. The fourth-order valence-electron chi connectivity index (χ4n) is 8.43. The number of rotatable bonds is 39. The zero-order valence-electron chi connectivity index (χ0n) is 43.6. The van der Waals surface area contributed by atoms with Gasteiger partial charge in [-0.3, -0.25) is 18.9 Å². The smallest absolute Gasteiger partial charge is 0.459 e. The van der Waals surface area contributed by atoms with E-state index in [-0.39, 0.29) is 55.8 Å². The van der Waals surface area contributed by atoms with Crippen molar-refractivity contribution < 1.29 is 56.4 Å². The number of hydrogen-bond acceptors (Lipinski definition) is 16. The van der Waals surface area contributed by atoms with Crippen LogP contribution in [0, 0.1) is 17.2 Å². The minimum Gasteiger partial charge on any atom is -0.464 e. The number of nitrogens with one attached hydrogen (secondary N) is 1. The van der Waals surface area contributed by atoms with E-state index in [2.05, 4.69) is 35.1 Å². The highest BCUT2D eigenvalue weighted by Gasteiger charge is 2.63. The second-order valence-electron chi connectivity index (χ2n) is 18.6. The van der Waals surface area contributed by atoms with Crippen LogP contribution in [-0.4, -0.2) is 96.5 Å². The number of ether oxygens (including phenoxy) is 6. The van der Waals surface area contributed by atoms with Gasteiger partial charge in [0.2, 0.25) is 5.60 Å². The van der Waals surface area contributed by atoms with E-state index in [1.807, 2.05) is 13.8 Å². The van der Waals surface area contributed by atoms with Gasteiger partial charge in [-0.2, -0.15) is 15.4 Å². The molecule has 1 aliphatic rings. The third-order valence-electron chi connectivity index (χ3n) is 12.8. The van der Waals surface area contributed by atoms with Crippen LogP contribution in [0.1, 0.15) is 169 Å². The first-order chi connectivity index (χ1) is 34.9. The molecule has 1 saturated heterocycles. The summed E-state index contributed by atoms with van der Waals surface area (Å²) >= 11 is 0. The summed E-state index contributed by atoms with van der Waals surface area (Å²) in [5, 5.41) is 18.3. The van der Waals surface area contributed by atoms with Crippen molar-refractivity contribution in [2.24, 2.45) is 5.92 Å². The maximum Gasteiger partial charge on any atom is 0.459 e. The lowest BCUT2D eigenvalue weighted by Crippen LogP contribution is -2.46. The number of carbonyl (C=O) groups is 3. The third-order valence-corrected chi connectivity index (χ3v) is 14.5. The maximum atomic E-state index is 14.8. The van der Waals surface area contributed by atoms with Gasteiger partial charge in [0.1, 0.15) is 35.8 Å². The van der Waals surface area contributed by atoms with Gasteiger partial charge in [-0.25, -0.2) is 14.1 Å². The highest BCUT2D eigenvalue weighted by atomic mass is 31.2. The van der Waals surface area contributed by atoms with Crippen LogP contribution in [0.3, 0.4) is 0 Å². The average Bonchev–Trinajstić information content (AvgIpc) is 3.94. The molecule has 0 radical (unpaired) electrons. The van der Waals surface area contributed by atoms with E-state index in [9.17, 15) is 24.2 Å². The fourth-order valence-corrected chi connectivity index (χ4v) is 9.93. The standard InChI is InChI=1S/C53H83N6O12P/c1-6-10-12-14-16-18-20-25-33-64-35-31-47(60)68-49-45(38-67-72(63,71-43-27-23-22-24-28-43)58-41(5)52(62)66-37-42(8-3)9-4)70-53(39-54,46-30-29-44-51(55)56-40-57-59(44)46)50(49)69-48(61)32-36-65-34-26-21-19-17-15-13-11-7-2/h22-24,27-30,40-42,45,49-50H,6-21,25-26,31-38H2,1-5H3,(H,58,63)(H2,55,56,57)/t41-,45-,49-,50-,53+,72?/m1/s1. The van der Waals surface area contributed by atoms with Gasteiger partial charge in [0.05, 0.1) is 45.0 Å². The second kappa shape index (κ2) is 33.2. The number of carbonyl (C=O) groups excluding carboxylic acids is 3. The molecule has 0 spiro atoms. The predicted octanol–water partition coefficient (Wildman–Crippen LogP) is 10.5. The van der Waals surface area contributed by atoms with Crippen molar-refractivity contribution in [1.82, 2.24) is 19.7 Å². The Balaban J connectivity index is 1.60. The lowest BCUT2D eigenvalue weighted by atomic mass is 9.92. The zero-order chi connectivity index (χ0) is 52.0. The van der Waals surface area contributed by atoms with Crippen molar-refractivity contribution in [2.45, 2.75) is 193 Å². The largest absolute Gasteiger partial charge is 0.464 e. The first-order valence-electron chi connectivity index (χ1n) is 26.6. The predicted molar refractivity (Wildman–Crippen MR) is 274 cm³/mol. The summed E-state index contributed by atoms with van der Waals surface area (Å²) < 4.78 is 64.3. The quantitative estimate of drug-likeness (QED) is 0.0234. The minimum atomic E-state index is -4.55. The molecule has 1 fully saturated rings. The number of benzene rings is 1. The van der Waals surface area contributed by atoms with E-state index in [1.54, 1.807) is 36.4 Å². The molecule has 6 atom stereocenters. The Bertz CT molecular complexity index is 2120. The number of nitrogens with two attached hydrogens (primary N) is 1. The fraction of sp³-hybridized carbons (Fsp3) is 0.698. The summed E-state index contributed by atoms with van der Waals surface area (Å²) in [4.78, 5) is 45.1. The Kier molecular flexibility index (Phi) is 27.7. The summed E-state index contributed by atoms with van der Waals surface area (Å²) in [6.45, 7) is 10.4. The van der Waals surface area contributed by atoms with Crippen LogP contribution in [0.5, 0.6) is 5.75 Å². The lowest BCUT2D eigenvalue weighted by molar-refractivity contribution is -0.170. The number of hydrogen-bond donors (Lipinski definition) is 2. The molecule has 0 amide bonds. The Hall–Kier alpha value is -4.63. The van der Waals surface area contributed by atoms with Gasteiger partial charge >= 0.3 is 25.7 Å². The van der Waals surface area contributed by atoms with Gasteiger partial charge in [-0.1, -0.05) is 149 Å². The molecule has 4 rings (SSSR count). The van der Waals surface area contributed by atoms with Crippen LogP contribution in [0.25, 0.3) is 5.52 Å². The number of nitriles is 1. The maximum absolute atomic E-state index is 14.8. The van der Waals surface area contributed by atoms with Crippen molar-refractivity contribution in [3.8, 4) is 11.8 Å². The first kappa shape index (κ1) is 59.9. The van der Waals surface area contributed by atoms with E-state index in [0.717, 1.165) is 51.4 Å². The summed E-state index contributed by atoms with van der Waals surface area (Å²) in [5.74, 6) is -1.80. The Morgan fingerprint density at radius 1 is 0.806 bits per heavy atom. The zero-order valence-corrected chi connectivity index (χ0v) is 44.5. The van der Waals surface area contributed by atoms with E-state index in [0.29, 0.717) is 18.7 Å². The molecule has 0 aliphatic carbocycles. The molecular weight excluding hydrogens is 944 g/mol. The van der Waals surface area contributed by atoms with E-state index >= 15 is 0 Å². The molecule has 1 unspecified atom stereocenters. The molecular formula is C53H83N6O12P. The van der Waals surface area contributed by atoms with Crippen LogP contribution in [0.2, 0.25) is 0 Å². The molecule has 1 aliphatic heterocycles. The summed E-state index contributed by atoms with van der Waals surface area (Å²) in [7, 11) is -4.55. The van der Waals surface area contributed by atoms with Gasteiger partial charge in [0.15, 0.2) is 18.0 Å². The monoisotopic (exact) mass is 1030 g/mol. The molecule has 3 heterocycles. The van der Waals surface area contributed by atoms with Crippen LogP contribution < -0.4 is 15.3 Å². The van der Waals surface area contributed by atoms with E-state index in [1.165, 1.54) is 88.0 Å². The number of esters is 3. The minimum absolute atomic E-state index is 0.0390. The van der Waals surface area contributed by atoms with Crippen molar-refractivity contribution >= 4 is 37.0 Å². The van der Waals surface area contributed by atoms with Crippen LogP contribution >= 0.6 is 7.75 Å². The Morgan fingerprint density at radius 2 is 1.38 bits per heavy atom. The molecule has 1 aromatic carbocycles. The summed E-state index contributed by atoms with van der Waals surface area (Å²) in [6.07, 6.45) is 15.9.